The lowest BCUT2D eigenvalue weighted by Gasteiger charge is -2.23. The van der Waals surface area contributed by atoms with Crippen molar-refractivity contribution in [1.29, 1.82) is 0 Å². The zero-order valence-corrected chi connectivity index (χ0v) is 14.8. The van der Waals surface area contributed by atoms with Gasteiger partial charge in [-0.1, -0.05) is 17.7 Å². The number of sulfonamides is 1. The van der Waals surface area contributed by atoms with E-state index in [1.165, 1.54) is 4.31 Å². The molecule has 0 aliphatic heterocycles. The Morgan fingerprint density at radius 3 is 2.35 bits per heavy atom. The number of rotatable bonds is 7. The van der Waals surface area contributed by atoms with E-state index in [9.17, 15) is 8.42 Å². The van der Waals surface area contributed by atoms with Crippen LogP contribution in [-0.2, 0) is 21.3 Å². The van der Waals surface area contributed by atoms with Crippen LogP contribution in [0.3, 0.4) is 0 Å². The van der Waals surface area contributed by atoms with Gasteiger partial charge in [-0.15, -0.1) is 0 Å². The van der Waals surface area contributed by atoms with E-state index in [4.69, 9.17) is 9.15 Å². The molecule has 2 rings (SSSR count). The standard InChI is InChI=1S/C17H23NO4S/c1-13-9-14(2)17(15(3)10-13)23(19,20)18(6-8-21-4)11-16-5-7-22-12-16/h5,7,9-10,12H,6,8,11H2,1-4H3. The molecule has 0 bridgehead atoms. The number of methoxy groups -OCH3 is 1. The van der Waals surface area contributed by atoms with Crippen LogP contribution in [0.25, 0.3) is 0 Å². The average Bonchev–Trinajstić information content (AvgIpc) is 2.94. The summed E-state index contributed by atoms with van der Waals surface area (Å²) in [5.74, 6) is 0. The first-order valence-electron chi connectivity index (χ1n) is 7.44. The first kappa shape index (κ1) is 17.7. The molecule has 0 atom stereocenters. The summed E-state index contributed by atoms with van der Waals surface area (Å²) in [5, 5.41) is 0. The maximum absolute atomic E-state index is 13.2. The average molecular weight is 337 g/mol. The third kappa shape index (κ3) is 4.02. The van der Waals surface area contributed by atoms with Gasteiger partial charge in [-0.25, -0.2) is 8.42 Å². The molecule has 1 heterocycles. The highest BCUT2D eigenvalue weighted by atomic mass is 32.2. The summed E-state index contributed by atoms with van der Waals surface area (Å²) < 4.78 is 37.9. The molecule has 0 radical (unpaired) electrons. The molecule has 0 unspecified atom stereocenters. The van der Waals surface area contributed by atoms with Crippen molar-refractivity contribution in [2.24, 2.45) is 0 Å². The maximum atomic E-state index is 13.2. The van der Waals surface area contributed by atoms with Crippen molar-refractivity contribution in [2.45, 2.75) is 32.2 Å². The van der Waals surface area contributed by atoms with Crippen molar-refractivity contribution < 1.29 is 17.6 Å². The predicted octanol–water partition coefficient (Wildman–Crippen LogP) is 3.04. The van der Waals surface area contributed by atoms with Crippen molar-refractivity contribution >= 4 is 10.0 Å². The second kappa shape index (κ2) is 7.29. The monoisotopic (exact) mass is 337 g/mol. The minimum absolute atomic E-state index is 0.259. The molecule has 5 nitrogen and oxygen atoms in total. The Morgan fingerprint density at radius 1 is 1.17 bits per heavy atom. The van der Waals surface area contributed by atoms with Gasteiger partial charge >= 0.3 is 0 Å². The van der Waals surface area contributed by atoms with E-state index in [2.05, 4.69) is 0 Å². The molecule has 0 spiro atoms. The normalized spacial score (nSPS) is 12.0. The van der Waals surface area contributed by atoms with Gasteiger partial charge in [0.1, 0.15) is 0 Å². The summed E-state index contributed by atoms with van der Waals surface area (Å²) >= 11 is 0. The molecule has 6 heteroatoms. The van der Waals surface area contributed by atoms with E-state index in [0.717, 1.165) is 22.3 Å². The quantitative estimate of drug-likeness (QED) is 0.779. The molecule has 126 valence electrons. The Hall–Kier alpha value is -1.63. The maximum Gasteiger partial charge on any atom is 0.243 e. The smallest absolute Gasteiger partial charge is 0.243 e. The Balaban J connectivity index is 2.43. The Kier molecular flexibility index (Phi) is 5.62. The summed E-state index contributed by atoms with van der Waals surface area (Å²) in [4.78, 5) is 0.377. The van der Waals surface area contributed by atoms with Gasteiger partial charge in [0.2, 0.25) is 10.0 Å². The van der Waals surface area contributed by atoms with Crippen molar-refractivity contribution in [3.05, 3.63) is 53.0 Å². The fourth-order valence-corrected chi connectivity index (χ4v) is 4.59. The van der Waals surface area contributed by atoms with Gasteiger partial charge in [0.15, 0.2) is 0 Å². The third-order valence-corrected chi connectivity index (χ3v) is 5.84. The first-order valence-corrected chi connectivity index (χ1v) is 8.88. The lowest BCUT2D eigenvalue weighted by atomic mass is 10.1. The largest absolute Gasteiger partial charge is 0.472 e. The lowest BCUT2D eigenvalue weighted by Crippen LogP contribution is -2.34. The molecule has 2 aromatic rings. The zero-order chi connectivity index (χ0) is 17.0. The van der Waals surface area contributed by atoms with E-state index in [-0.39, 0.29) is 13.1 Å². The van der Waals surface area contributed by atoms with E-state index in [1.54, 1.807) is 25.7 Å². The van der Waals surface area contributed by atoms with Crippen LogP contribution < -0.4 is 0 Å². The van der Waals surface area contributed by atoms with E-state index >= 15 is 0 Å². The molecule has 0 saturated carbocycles. The minimum atomic E-state index is -3.62. The molecule has 1 aromatic heterocycles. The number of aryl methyl sites for hydroxylation is 3. The second-order valence-electron chi connectivity index (χ2n) is 5.69. The molecule has 23 heavy (non-hydrogen) atoms. The van der Waals surface area contributed by atoms with Gasteiger partial charge in [-0.05, 0) is 38.0 Å². The zero-order valence-electron chi connectivity index (χ0n) is 14.0. The van der Waals surface area contributed by atoms with Crippen molar-refractivity contribution in [3.63, 3.8) is 0 Å². The molecule has 0 amide bonds. The molecular weight excluding hydrogens is 314 g/mol. The van der Waals surface area contributed by atoms with Crippen LogP contribution in [0.2, 0.25) is 0 Å². The Labute approximate surface area is 137 Å². The first-order chi connectivity index (χ1) is 10.9. The number of ether oxygens (including phenoxy) is 1. The van der Waals surface area contributed by atoms with Gasteiger partial charge in [0, 0.05) is 25.8 Å². The molecule has 0 N–H and O–H groups in total. The van der Waals surface area contributed by atoms with E-state index in [1.807, 2.05) is 32.9 Å². The Morgan fingerprint density at radius 2 is 1.83 bits per heavy atom. The number of hydrogen-bond donors (Lipinski definition) is 0. The summed E-state index contributed by atoms with van der Waals surface area (Å²) in [6, 6.07) is 5.56. The summed E-state index contributed by atoms with van der Waals surface area (Å²) in [7, 11) is -2.06. The molecule has 0 fully saturated rings. The molecular formula is C17H23NO4S. The summed E-state index contributed by atoms with van der Waals surface area (Å²) in [6.07, 6.45) is 3.10. The molecule has 0 aliphatic carbocycles. The van der Waals surface area contributed by atoms with E-state index in [0.29, 0.717) is 11.5 Å². The Bertz CT molecular complexity index is 728. The number of benzene rings is 1. The van der Waals surface area contributed by atoms with Gasteiger partial charge in [0.25, 0.3) is 0 Å². The highest BCUT2D eigenvalue weighted by Crippen LogP contribution is 2.26. The van der Waals surface area contributed by atoms with Crippen LogP contribution in [0.5, 0.6) is 0 Å². The van der Waals surface area contributed by atoms with Crippen LogP contribution in [0, 0.1) is 20.8 Å². The predicted molar refractivity (Wildman–Crippen MR) is 88.8 cm³/mol. The topological polar surface area (TPSA) is 59.8 Å². The summed E-state index contributed by atoms with van der Waals surface area (Å²) in [6.45, 7) is 6.51. The number of nitrogens with zero attached hydrogens (tertiary/aromatic N) is 1. The van der Waals surface area contributed by atoms with Crippen LogP contribution in [0.1, 0.15) is 22.3 Å². The van der Waals surface area contributed by atoms with Gasteiger partial charge in [-0.2, -0.15) is 4.31 Å². The minimum Gasteiger partial charge on any atom is -0.472 e. The van der Waals surface area contributed by atoms with Crippen LogP contribution >= 0.6 is 0 Å². The summed E-state index contributed by atoms with van der Waals surface area (Å²) in [5.41, 5.74) is 3.39. The molecule has 0 aliphatic rings. The van der Waals surface area contributed by atoms with Crippen LogP contribution in [0.15, 0.2) is 40.0 Å². The van der Waals surface area contributed by atoms with Crippen LogP contribution in [0.4, 0.5) is 0 Å². The fourth-order valence-electron chi connectivity index (χ4n) is 2.77. The van der Waals surface area contributed by atoms with Gasteiger partial charge < -0.3 is 9.15 Å². The third-order valence-electron chi connectivity index (χ3n) is 3.69. The molecule has 0 saturated heterocycles. The van der Waals surface area contributed by atoms with Gasteiger partial charge in [0.05, 0.1) is 24.0 Å². The molecule has 1 aromatic carbocycles. The fraction of sp³-hybridized carbons (Fsp3) is 0.412. The highest BCUT2D eigenvalue weighted by molar-refractivity contribution is 7.89. The number of furan rings is 1. The van der Waals surface area contributed by atoms with Gasteiger partial charge in [-0.3, -0.25) is 0 Å². The number of hydrogen-bond acceptors (Lipinski definition) is 4. The lowest BCUT2D eigenvalue weighted by molar-refractivity contribution is 0.177. The van der Waals surface area contributed by atoms with Crippen molar-refractivity contribution in [1.82, 2.24) is 4.31 Å². The second-order valence-corrected chi connectivity index (χ2v) is 7.57. The van der Waals surface area contributed by atoms with E-state index < -0.39 is 10.0 Å². The van der Waals surface area contributed by atoms with Crippen molar-refractivity contribution in [2.75, 3.05) is 20.3 Å². The van der Waals surface area contributed by atoms with Crippen LogP contribution in [-0.4, -0.2) is 33.0 Å². The highest BCUT2D eigenvalue weighted by Gasteiger charge is 2.28. The van der Waals surface area contributed by atoms with Crippen molar-refractivity contribution in [3.8, 4) is 0 Å². The SMILES string of the molecule is COCCN(Cc1ccoc1)S(=O)(=O)c1c(C)cc(C)cc1C.